The van der Waals surface area contributed by atoms with Gasteiger partial charge in [0, 0.05) is 10.0 Å². The molecule has 0 amide bonds. The standard InChI is InChI=1S/C36H26Cl2F12N2O6/c37-25-5-1-19(2-6-25)27(51)31(55-15-17-9-21(33(39,40)41)13-22(10-17)34(42,43)44)57-29(53)30(54)58-32(28(52)20-3-7-26(38)8-4-20)56-16-18-11-23(35(45,46)47)14-24(12-18)36(48,49)50/h1-14,27-28,31-32H,15-16,51-52H2. The van der Waals surface area contributed by atoms with E-state index in [2.05, 4.69) is 0 Å². The molecule has 4 atom stereocenters. The highest BCUT2D eigenvalue weighted by Crippen LogP contribution is 2.38. The van der Waals surface area contributed by atoms with Crippen LogP contribution in [0.2, 0.25) is 10.0 Å². The minimum Gasteiger partial charge on any atom is -0.425 e. The van der Waals surface area contributed by atoms with Gasteiger partial charge in [0.15, 0.2) is 0 Å². The first-order valence-corrected chi connectivity index (χ1v) is 16.7. The normalized spacial score (nSPS) is 14.7. The number of halogens is 14. The molecular formula is C36H26Cl2F12N2O6. The fourth-order valence-corrected chi connectivity index (χ4v) is 5.23. The van der Waals surface area contributed by atoms with E-state index in [0.29, 0.717) is 24.3 Å². The number of esters is 2. The summed E-state index contributed by atoms with van der Waals surface area (Å²) in [4.78, 5) is 26.3. The van der Waals surface area contributed by atoms with Crippen molar-refractivity contribution in [3.8, 4) is 0 Å². The summed E-state index contributed by atoms with van der Waals surface area (Å²) in [7, 11) is 0. The van der Waals surface area contributed by atoms with E-state index in [1.54, 1.807) is 0 Å². The van der Waals surface area contributed by atoms with E-state index in [0.717, 1.165) is 0 Å². The van der Waals surface area contributed by atoms with Gasteiger partial charge in [0.2, 0.25) is 12.6 Å². The SMILES string of the molecule is NC(c1ccc(Cl)cc1)C(OCc1cc(C(F)(F)F)cc(C(F)(F)F)c1)OC(=O)C(=O)OC(OCc1cc(C(F)(F)F)cc(C(F)(F)F)c1)C(N)c1ccc(Cl)cc1. The van der Waals surface area contributed by atoms with Gasteiger partial charge >= 0.3 is 36.6 Å². The predicted octanol–water partition coefficient (Wildman–Crippen LogP) is 9.94. The molecule has 0 aliphatic rings. The molecule has 0 saturated heterocycles. The number of ether oxygens (including phenoxy) is 4. The fraction of sp³-hybridized carbons (Fsp3) is 0.278. The highest BCUT2D eigenvalue weighted by atomic mass is 35.5. The Bertz CT molecular complexity index is 1850. The lowest BCUT2D eigenvalue weighted by molar-refractivity contribution is -0.211. The van der Waals surface area contributed by atoms with E-state index in [1.807, 2.05) is 0 Å². The van der Waals surface area contributed by atoms with Gasteiger partial charge in [-0.25, -0.2) is 9.59 Å². The van der Waals surface area contributed by atoms with E-state index in [9.17, 15) is 62.3 Å². The average molecular weight is 881 g/mol. The van der Waals surface area contributed by atoms with E-state index < -0.39 is 108 Å². The lowest BCUT2D eigenvalue weighted by atomic mass is 10.0. The number of alkyl halides is 12. The maximum absolute atomic E-state index is 13.5. The van der Waals surface area contributed by atoms with Crippen LogP contribution in [0.4, 0.5) is 52.7 Å². The lowest BCUT2D eigenvalue weighted by Crippen LogP contribution is -2.39. The minimum absolute atomic E-state index is 0.0564. The van der Waals surface area contributed by atoms with Crippen LogP contribution in [0, 0.1) is 0 Å². The number of nitrogens with two attached hydrogens (primary N) is 2. The predicted molar refractivity (Wildman–Crippen MR) is 179 cm³/mol. The van der Waals surface area contributed by atoms with Gasteiger partial charge in [-0.2, -0.15) is 52.7 Å². The van der Waals surface area contributed by atoms with Crippen molar-refractivity contribution in [3.63, 3.8) is 0 Å². The number of hydrogen-bond donors (Lipinski definition) is 2. The first-order valence-electron chi connectivity index (χ1n) is 16.0. The molecule has 0 spiro atoms. The van der Waals surface area contributed by atoms with Crippen molar-refractivity contribution in [3.05, 3.63) is 139 Å². The molecule has 0 aliphatic heterocycles. The summed E-state index contributed by atoms with van der Waals surface area (Å²) in [6, 6.07) is 8.03. The van der Waals surface area contributed by atoms with Gasteiger partial charge in [-0.1, -0.05) is 47.5 Å². The Labute approximate surface area is 329 Å². The molecule has 4 aromatic carbocycles. The first-order chi connectivity index (χ1) is 26.7. The summed E-state index contributed by atoms with van der Waals surface area (Å²) < 4.78 is 182. The molecule has 0 saturated carbocycles. The Morgan fingerprint density at radius 3 is 0.983 bits per heavy atom. The number of carbonyl (C=O) groups is 2. The summed E-state index contributed by atoms with van der Waals surface area (Å²) >= 11 is 11.8. The fourth-order valence-electron chi connectivity index (χ4n) is 4.98. The maximum atomic E-state index is 13.5. The molecule has 4 rings (SSSR count). The molecule has 4 unspecified atom stereocenters. The van der Waals surface area contributed by atoms with Gasteiger partial charge < -0.3 is 30.4 Å². The molecule has 0 fully saturated rings. The second kappa shape index (κ2) is 18.1. The van der Waals surface area contributed by atoms with Crippen molar-refractivity contribution in [1.29, 1.82) is 0 Å². The second-order valence-electron chi connectivity index (χ2n) is 12.2. The molecule has 0 bridgehead atoms. The molecule has 0 radical (unpaired) electrons. The van der Waals surface area contributed by atoms with E-state index >= 15 is 0 Å². The topological polar surface area (TPSA) is 123 Å². The average Bonchev–Trinajstić information content (AvgIpc) is 3.13. The lowest BCUT2D eigenvalue weighted by Gasteiger charge is -2.27. The van der Waals surface area contributed by atoms with Crippen molar-refractivity contribution in [2.75, 3.05) is 0 Å². The van der Waals surface area contributed by atoms with Crippen LogP contribution in [0.15, 0.2) is 84.9 Å². The van der Waals surface area contributed by atoms with Crippen LogP contribution < -0.4 is 11.5 Å². The number of hydrogen-bond acceptors (Lipinski definition) is 8. The number of rotatable bonds is 12. The zero-order valence-corrected chi connectivity index (χ0v) is 30.2. The van der Waals surface area contributed by atoms with Gasteiger partial charge in [0.1, 0.15) is 0 Å². The van der Waals surface area contributed by atoms with Gasteiger partial charge in [0.05, 0.1) is 47.6 Å². The zero-order valence-electron chi connectivity index (χ0n) is 28.7. The Hall–Kier alpha value is -4.60. The van der Waals surface area contributed by atoms with Gasteiger partial charge in [-0.15, -0.1) is 0 Å². The molecular weight excluding hydrogens is 855 g/mol. The second-order valence-corrected chi connectivity index (χ2v) is 13.0. The van der Waals surface area contributed by atoms with E-state index in [-0.39, 0.29) is 33.3 Å². The molecule has 8 nitrogen and oxygen atoms in total. The molecule has 314 valence electrons. The van der Waals surface area contributed by atoms with Crippen molar-refractivity contribution < 1.29 is 81.2 Å². The molecule has 0 aromatic heterocycles. The summed E-state index contributed by atoms with van der Waals surface area (Å²) in [5, 5.41) is 0.362. The monoisotopic (exact) mass is 880 g/mol. The van der Waals surface area contributed by atoms with Crippen molar-refractivity contribution in [2.45, 2.75) is 62.6 Å². The highest BCUT2D eigenvalue weighted by Gasteiger charge is 2.39. The van der Waals surface area contributed by atoms with Crippen molar-refractivity contribution in [2.24, 2.45) is 11.5 Å². The summed E-state index contributed by atoms with van der Waals surface area (Å²) in [6.07, 6.45) is -25.3. The smallest absolute Gasteiger partial charge is 0.419 e. The van der Waals surface area contributed by atoms with Crippen LogP contribution in [0.5, 0.6) is 0 Å². The molecule has 0 aliphatic carbocycles. The third-order valence-corrected chi connectivity index (χ3v) is 8.34. The van der Waals surface area contributed by atoms with Crippen LogP contribution in [-0.2, 0) is 66.5 Å². The van der Waals surface area contributed by atoms with Crippen LogP contribution in [0.25, 0.3) is 0 Å². The van der Waals surface area contributed by atoms with Crippen molar-refractivity contribution >= 4 is 35.1 Å². The third kappa shape index (κ3) is 12.7. The molecule has 58 heavy (non-hydrogen) atoms. The largest absolute Gasteiger partial charge is 0.425 e. The Kier molecular flexibility index (Phi) is 14.4. The Balaban J connectivity index is 1.63. The quantitative estimate of drug-likeness (QED) is 0.0624. The molecule has 0 heterocycles. The minimum atomic E-state index is -5.24. The van der Waals surface area contributed by atoms with Crippen LogP contribution >= 0.6 is 23.2 Å². The maximum Gasteiger partial charge on any atom is 0.419 e. The Morgan fingerprint density at radius 2 is 0.741 bits per heavy atom. The summed E-state index contributed by atoms with van der Waals surface area (Å²) in [5.74, 6) is -3.96. The molecule has 4 aromatic rings. The van der Waals surface area contributed by atoms with E-state index in [4.69, 9.17) is 53.6 Å². The molecule has 4 N–H and O–H groups in total. The Morgan fingerprint density at radius 1 is 0.483 bits per heavy atom. The van der Waals surface area contributed by atoms with Gasteiger partial charge in [-0.3, -0.25) is 0 Å². The van der Waals surface area contributed by atoms with Crippen molar-refractivity contribution in [1.82, 2.24) is 0 Å². The third-order valence-electron chi connectivity index (χ3n) is 7.83. The number of carbonyl (C=O) groups excluding carboxylic acids is 2. The first kappa shape index (κ1) is 46.1. The van der Waals surface area contributed by atoms with Crippen LogP contribution in [-0.4, -0.2) is 24.5 Å². The van der Waals surface area contributed by atoms with Gasteiger partial charge in [-0.05, 0) is 82.9 Å². The molecule has 22 heteroatoms. The van der Waals surface area contributed by atoms with Crippen LogP contribution in [0.1, 0.15) is 56.6 Å². The zero-order chi connectivity index (χ0) is 43.4. The van der Waals surface area contributed by atoms with Crippen LogP contribution in [0.3, 0.4) is 0 Å². The van der Waals surface area contributed by atoms with E-state index in [1.165, 1.54) is 48.5 Å². The summed E-state index contributed by atoms with van der Waals surface area (Å²) in [6.45, 7) is -2.24. The van der Waals surface area contributed by atoms with Gasteiger partial charge in [0.25, 0.3) is 0 Å². The highest BCUT2D eigenvalue weighted by molar-refractivity contribution is 6.31. The number of benzene rings is 4. The summed E-state index contributed by atoms with van der Waals surface area (Å²) in [5.41, 5.74) is 4.17.